The molecule has 1 aromatic heterocycles. The van der Waals surface area contributed by atoms with E-state index in [1.54, 1.807) is 36.9 Å². The van der Waals surface area contributed by atoms with Gasteiger partial charge >= 0.3 is 0 Å². The number of sulfonamides is 1. The van der Waals surface area contributed by atoms with E-state index in [9.17, 15) is 13.2 Å². The minimum Gasteiger partial charge on any atom is -0.464 e. The van der Waals surface area contributed by atoms with Crippen LogP contribution < -0.4 is 10.0 Å². The third kappa shape index (κ3) is 7.57. The zero-order valence-corrected chi connectivity index (χ0v) is 18.0. The molecule has 0 bridgehead atoms. The molecule has 154 valence electrons. The van der Waals surface area contributed by atoms with E-state index >= 15 is 0 Å². The topological polar surface area (TPSA) is 91.6 Å². The highest BCUT2D eigenvalue weighted by molar-refractivity contribution is 7.98. The van der Waals surface area contributed by atoms with Crippen molar-refractivity contribution in [1.29, 1.82) is 0 Å². The number of nitrogens with one attached hydrogen (secondary N) is 2. The van der Waals surface area contributed by atoms with Crippen molar-refractivity contribution in [2.24, 2.45) is 0 Å². The largest absolute Gasteiger partial charge is 0.464 e. The summed E-state index contributed by atoms with van der Waals surface area (Å²) >= 11 is 1.68. The van der Waals surface area contributed by atoms with Crippen LogP contribution in [0.3, 0.4) is 0 Å². The number of amides is 1. The van der Waals surface area contributed by atoms with Crippen LogP contribution in [-0.4, -0.2) is 51.4 Å². The van der Waals surface area contributed by atoms with Gasteiger partial charge in [0.25, 0.3) is 5.91 Å². The molecule has 0 unspecified atom stereocenters. The molecule has 7 nitrogen and oxygen atoms in total. The number of carbonyl (C=O) groups excluding carboxylic acids is 1. The van der Waals surface area contributed by atoms with Crippen LogP contribution in [0.25, 0.3) is 0 Å². The molecule has 1 heterocycles. The van der Waals surface area contributed by atoms with E-state index in [0.29, 0.717) is 17.8 Å². The summed E-state index contributed by atoms with van der Waals surface area (Å²) in [6.45, 7) is 2.84. The van der Waals surface area contributed by atoms with E-state index in [-0.39, 0.29) is 11.7 Å². The number of anilines is 1. The SMILES string of the molecule is CCS(=O)(=O)Nc1cccc(C(=O)NCCSCc2ccc(CN(C)C)o2)c1. The second kappa shape index (κ2) is 10.5. The predicted molar refractivity (Wildman–Crippen MR) is 114 cm³/mol. The summed E-state index contributed by atoms with van der Waals surface area (Å²) in [6.07, 6.45) is 0. The maximum absolute atomic E-state index is 12.3. The number of hydrogen-bond donors (Lipinski definition) is 2. The average Bonchev–Trinajstić information content (AvgIpc) is 3.07. The number of hydrogen-bond acceptors (Lipinski definition) is 6. The van der Waals surface area contributed by atoms with Gasteiger partial charge in [-0.25, -0.2) is 8.42 Å². The molecule has 2 rings (SSSR count). The van der Waals surface area contributed by atoms with Crippen molar-refractivity contribution in [1.82, 2.24) is 10.2 Å². The maximum atomic E-state index is 12.3. The molecular weight excluding hydrogens is 398 g/mol. The van der Waals surface area contributed by atoms with Gasteiger partial charge in [0, 0.05) is 23.5 Å². The lowest BCUT2D eigenvalue weighted by atomic mass is 10.2. The zero-order chi connectivity index (χ0) is 20.6. The Morgan fingerprint density at radius 3 is 2.64 bits per heavy atom. The van der Waals surface area contributed by atoms with Gasteiger partial charge in [0.05, 0.1) is 18.1 Å². The van der Waals surface area contributed by atoms with E-state index in [0.717, 1.165) is 29.6 Å². The lowest BCUT2D eigenvalue weighted by Crippen LogP contribution is -2.26. The molecule has 0 aliphatic heterocycles. The highest BCUT2D eigenvalue weighted by atomic mass is 32.2. The van der Waals surface area contributed by atoms with E-state index in [4.69, 9.17) is 4.42 Å². The second-order valence-electron chi connectivity index (χ2n) is 6.50. The second-order valence-corrected chi connectivity index (χ2v) is 9.62. The van der Waals surface area contributed by atoms with Crippen molar-refractivity contribution >= 4 is 33.4 Å². The molecule has 0 atom stereocenters. The fraction of sp³-hybridized carbons (Fsp3) is 0.421. The van der Waals surface area contributed by atoms with Crippen LogP contribution in [0.5, 0.6) is 0 Å². The summed E-state index contributed by atoms with van der Waals surface area (Å²) < 4.78 is 31.5. The van der Waals surface area contributed by atoms with Gasteiger partial charge in [-0.1, -0.05) is 6.07 Å². The molecule has 0 saturated carbocycles. The lowest BCUT2D eigenvalue weighted by molar-refractivity contribution is 0.0956. The summed E-state index contributed by atoms with van der Waals surface area (Å²) in [7, 11) is 0.621. The van der Waals surface area contributed by atoms with Crippen molar-refractivity contribution in [2.45, 2.75) is 19.2 Å². The summed E-state index contributed by atoms with van der Waals surface area (Å²) in [6, 6.07) is 10.4. The first-order chi connectivity index (χ1) is 13.3. The van der Waals surface area contributed by atoms with Crippen LogP contribution in [0, 0.1) is 0 Å². The van der Waals surface area contributed by atoms with Crippen LogP contribution in [0.2, 0.25) is 0 Å². The first-order valence-corrected chi connectivity index (χ1v) is 11.8. The number of carbonyl (C=O) groups is 1. The van der Waals surface area contributed by atoms with Gasteiger partial charge < -0.3 is 14.6 Å². The number of nitrogens with zero attached hydrogens (tertiary/aromatic N) is 1. The summed E-state index contributed by atoms with van der Waals surface area (Å²) in [4.78, 5) is 14.3. The number of benzene rings is 1. The first-order valence-electron chi connectivity index (χ1n) is 8.98. The zero-order valence-electron chi connectivity index (χ0n) is 16.4. The lowest BCUT2D eigenvalue weighted by Gasteiger charge is -2.09. The van der Waals surface area contributed by atoms with Gasteiger partial charge in [0.15, 0.2) is 0 Å². The minimum absolute atomic E-state index is 0.0209. The fourth-order valence-corrected chi connectivity index (χ4v) is 3.76. The van der Waals surface area contributed by atoms with Crippen molar-refractivity contribution in [3.05, 3.63) is 53.5 Å². The highest BCUT2D eigenvalue weighted by Gasteiger charge is 2.10. The molecule has 28 heavy (non-hydrogen) atoms. The molecule has 1 amide bonds. The molecule has 0 fully saturated rings. The van der Waals surface area contributed by atoms with Crippen molar-refractivity contribution in [3.63, 3.8) is 0 Å². The molecular formula is C19H27N3O4S2. The Hall–Kier alpha value is -1.97. The van der Waals surface area contributed by atoms with Crippen LogP contribution in [0.15, 0.2) is 40.8 Å². The highest BCUT2D eigenvalue weighted by Crippen LogP contribution is 2.16. The van der Waals surface area contributed by atoms with E-state index < -0.39 is 10.0 Å². The quantitative estimate of drug-likeness (QED) is 0.538. The van der Waals surface area contributed by atoms with E-state index in [1.165, 1.54) is 6.07 Å². The molecule has 0 aliphatic carbocycles. The third-order valence-electron chi connectivity index (χ3n) is 3.74. The van der Waals surface area contributed by atoms with Crippen LogP contribution in [-0.2, 0) is 22.3 Å². The molecule has 0 spiro atoms. The van der Waals surface area contributed by atoms with Crippen molar-refractivity contribution < 1.29 is 17.6 Å². The molecule has 0 aliphatic rings. The third-order valence-corrected chi connectivity index (χ3v) is 6.03. The normalized spacial score (nSPS) is 11.6. The van der Waals surface area contributed by atoms with Gasteiger partial charge in [0.2, 0.25) is 10.0 Å². The minimum atomic E-state index is -3.37. The summed E-state index contributed by atoms with van der Waals surface area (Å²) in [5.74, 6) is 3.10. The fourth-order valence-electron chi connectivity index (χ4n) is 2.38. The molecule has 2 aromatic rings. The van der Waals surface area contributed by atoms with E-state index in [2.05, 4.69) is 10.0 Å². The van der Waals surface area contributed by atoms with Crippen LogP contribution in [0.4, 0.5) is 5.69 Å². The molecule has 1 aromatic carbocycles. The molecule has 2 N–H and O–H groups in total. The number of furan rings is 1. The van der Waals surface area contributed by atoms with Gasteiger partial charge in [-0.15, -0.1) is 0 Å². The number of rotatable bonds is 11. The standard InChI is InChI=1S/C19H27N3O4S2/c1-4-28(24,25)21-16-7-5-6-15(12-16)19(23)20-10-11-27-14-18-9-8-17(26-18)13-22(2)3/h5-9,12,21H,4,10-11,13-14H2,1-3H3,(H,20,23). The maximum Gasteiger partial charge on any atom is 0.251 e. The van der Waals surface area contributed by atoms with Gasteiger partial charge in [-0.2, -0.15) is 11.8 Å². The molecule has 0 saturated heterocycles. The van der Waals surface area contributed by atoms with Gasteiger partial charge in [-0.3, -0.25) is 9.52 Å². The average molecular weight is 426 g/mol. The summed E-state index contributed by atoms with van der Waals surface area (Å²) in [5, 5.41) is 2.85. The predicted octanol–water partition coefficient (Wildman–Crippen LogP) is 2.77. The van der Waals surface area contributed by atoms with E-state index in [1.807, 2.05) is 31.1 Å². The summed E-state index contributed by atoms with van der Waals surface area (Å²) in [5.41, 5.74) is 0.802. The Morgan fingerprint density at radius 2 is 1.93 bits per heavy atom. The first kappa shape index (κ1) is 22.3. The monoisotopic (exact) mass is 425 g/mol. The number of thioether (sulfide) groups is 1. The van der Waals surface area contributed by atoms with Crippen LogP contribution in [0.1, 0.15) is 28.8 Å². The van der Waals surface area contributed by atoms with Crippen LogP contribution >= 0.6 is 11.8 Å². The Bertz CT molecular complexity index is 879. The van der Waals surface area contributed by atoms with Gasteiger partial charge in [0.1, 0.15) is 11.5 Å². The van der Waals surface area contributed by atoms with Gasteiger partial charge in [-0.05, 0) is 51.4 Å². The Morgan fingerprint density at radius 1 is 1.18 bits per heavy atom. The Kier molecular flexibility index (Phi) is 8.40. The smallest absolute Gasteiger partial charge is 0.251 e. The Balaban J connectivity index is 1.74. The van der Waals surface area contributed by atoms with Crippen molar-refractivity contribution in [3.8, 4) is 0 Å². The Labute approximate surface area is 170 Å². The molecule has 0 radical (unpaired) electrons. The molecule has 9 heteroatoms. The van der Waals surface area contributed by atoms with Crippen molar-refractivity contribution in [2.75, 3.05) is 36.9 Å².